The average Bonchev–Trinajstić information content (AvgIpc) is 2.71. The van der Waals surface area contributed by atoms with Crippen LogP contribution in [0.15, 0.2) is 30.9 Å². The highest BCUT2D eigenvalue weighted by molar-refractivity contribution is 5.88. The molecule has 76 valence electrons. The van der Waals surface area contributed by atoms with Crippen LogP contribution in [0.2, 0.25) is 0 Å². The maximum Gasteiger partial charge on any atom is 0.335 e. The fourth-order valence-corrected chi connectivity index (χ4v) is 1.32. The predicted octanol–water partition coefficient (Wildman–Crippen LogP) is 1.27. The molecule has 0 unspecified atom stereocenters. The van der Waals surface area contributed by atoms with Gasteiger partial charge in [0.05, 0.1) is 11.3 Å². The molecule has 0 spiro atoms. The third kappa shape index (κ3) is 1.71. The highest BCUT2D eigenvalue weighted by Crippen LogP contribution is 2.14. The molecule has 0 radical (unpaired) electrons. The molecule has 0 amide bonds. The van der Waals surface area contributed by atoms with Crippen LogP contribution in [0, 0.1) is 6.92 Å². The lowest BCUT2D eigenvalue weighted by Gasteiger charge is -2.05. The number of aromatic nitrogens is 3. The first kappa shape index (κ1) is 9.39. The van der Waals surface area contributed by atoms with E-state index in [0.29, 0.717) is 0 Å². The summed E-state index contributed by atoms with van der Waals surface area (Å²) in [6.45, 7) is 1.89. The van der Waals surface area contributed by atoms with Crippen molar-refractivity contribution in [2.45, 2.75) is 6.92 Å². The van der Waals surface area contributed by atoms with Gasteiger partial charge in [-0.3, -0.25) is 0 Å². The Morgan fingerprint density at radius 2 is 2.27 bits per heavy atom. The molecule has 15 heavy (non-hydrogen) atoms. The van der Waals surface area contributed by atoms with Crippen LogP contribution in [-0.2, 0) is 0 Å². The molecule has 0 saturated heterocycles. The van der Waals surface area contributed by atoms with E-state index >= 15 is 0 Å². The van der Waals surface area contributed by atoms with Crippen molar-refractivity contribution < 1.29 is 9.90 Å². The Bertz CT molecular complexity index is 491. The van der Waals surface area contributed by atoms with Crippen LogP contribution in [0.3, 0.4) is 0 Å². The Hall–Kier alpha value is -2.17. The SMILES string of the molecule is Cc1ccc(C(=O)O)cc1-n1cncn1. The molecule has 0 aliphatic rings. The summed E-state index contributed by atoms with van der Waals surface area (Å²) in [6.07, 6.45) is 2.95. The fourth-order valence-electron chi connectivity index (χ4n) is 1.32. The first-order valence-corrected chi connectivity index (χ1v) is 4.37. The van der Waals surface area contributed by atoms with Gasteiger partial charge in [-0.1, -0.05) is 6.07 Å². The van der Waals surface area contributed by atoms with E-state index in [1.54, 1.807) is 22.9 Å². The van der Waals surface area contributed by atoms with Crippen molar-refractivity contribution in [2.24, 2.45) is 0 Å². The number of nitrogens with zero attached hydrogens (tertiary/aromatic N) is 3. The molecule has 0 aliphatic heterocycles. The van der Waals surface area contributed by atoms with Gasteiger partial charge in [0.1, 0.15) is 12.7 Å². The monoisotopic (exact) mass is 203 g/mol. The van der Waals surface area contributed by atoms with Crippen LogP contribution in [0.5, 0.6) is 0 Å². The standard InChI is InChI=1S/C10H9N3O2/c1-7-2-3-8(10(14)15)4-9(7)13-6-11-5-12-13/h2-6H,1H3,(H,14,15). The molecule has 0 atom stereocenters. The number of carboxylic acids is 1. The Morgan fingerprint density at radius 1 is 1.47 bits per heavy atom. The first-order chi connectivity index (χ1) is 7.18. The average molecular weight is 203 g/mol. The lowest BCUT2D eigenvalue weighted by molar-refractivity contribution is 0.0697. The van der Waals surface area contributed by atoms with Crippen LogP contribution in [0.25, 0.3) is 5.69 Å². The van der Waals surface area contributed by atoms with E-state index < -0.39 is 5.97 Å². The molecule has 5 nitrogen and oxygen atoms in total. The highest BCUT2D eigenvalue weighted by Gasteiger charge is 2.07. The van der Waals surface area contributed by atoms with E-state index in [2.05, 4.69) is 10.1 Å². The Kier molecular flexibility index (Phi) is 2.21. The molecule has 1 aromatic heterocycles. The Morgan fingerprint density at radius 3 is 2.87 bits per heavy atom. The fraction of sp³-hybridized carbons (Fsp3) is 0.100. The molecule has 2 rings (SSSR count). The molecule has 5 heteroatoms. The van der Waals surface area contributed by atoms with Crippen LogP contribution < -0.4 is 0 Å². The molecular formula is C10H9N3O2. The summed E-state index contributed by atoms with van der Waals surface area (Å²) in [4.78, 5) is 14.6. The summed E-state index contributed by atoms with van der Waals surface area (Å²) in [5.74, 6) is -0.948. The lowest BCUT2D eigenvalue weighted by Crippen LogP contribution is -2.02. The molecule has 1 heterocycles. The van der Waals surface area contributed by atoms with Gasteiger partial charge in [-0.2, -0.15) is 5.10 Å². The van der Waals surface area contributed by atoms with Crippen LogP contribution in [0.1, 0.15) is 15.9 Å². The van der Waals surface area contributed by atoms with Gasteiger partial charge in [-0.05, 0) is 24.6 Å². The van der Waals surface area contributed by atoms with E-state index in [9.17, 15) is 4.79 Å². The van der Waals surface area contributed by atoms with Gasteiger partial charge in [-0.15, -0.1) is 0 Å². The zero-order chi connectivity index (χ0) is 10.8. The predicted molar refractivity (Wildman–Crippen MR) is 53.1 cm³/mol. The van der Waals surface area contributed by atoms with Gasteiger partial charge in [-0.25, -0.2) is 14.5 Å². The van der Waals surface area contributed by atoms with Crippen LogP contribution in [-0.4, -0.2) is 25.8 Å². The second kappa shape index (κ2) is 3.53. The van der Waals surface area contributed by atoms with Crippen molar-refractivity contribution in [1.82, 2.24) is 14.8 Å². The second-order valence-corrected chi connectivity index (χ2v) is 3.15. The number of carbonyl (C=O) groups is 1. The summed E-state index contributed by atoms with van der Waals surface area (Å²) < 4.78 is 1.54. The minimum Gasteiger partial charge on any atom is -0.478 e. The van der Waals surface area contributed by atoms with E-state index in [1.807, 2.05) is 6.92 Å². The summed E-state index contributed by atoms with van der Waals surface area (Å²) in [5.41, 5.74) is 1.92. The van der Waals surface area contributed by atoms with Crippen molar-refractivity contribution in [3.05, 3.63) is 42.0 Å². The van der Waals surface area contributed by atoms with Crippen molar-refractivity contribution in [1.29, 1.82) is 0 Å². The van der Waals surface area contributed by atoms with E-state index in [1.165, 1.54) is 12.7 Å². The maximum absolute atomic E-state index is 10.8. The smallest absolute Gasteiger partial charge is 0.335 e. The summed E-state index contributed by atoms with van der Waals surface area (Å²) in [6, 6.07) is 4.89. The maximum atomic E-state index is 10.8. The normalized spacial score (nSPS) is 10.2. The molecule has 2 aromatic rings. The first-order valence-electron chi connectivity index (χ1n) is 4.37. The van der Waals surface area contributed by atoms with Gasteiger partial charge < -0.3 is 5.11 Å². The molecule has 0 bridgehead atoms. The van der Waals surface area contributed by atoms with Gasteiger partial charge in [0.15, 0.2) is 0 Å². The number of carboxylic acid groups (broad SMARTS) is 1. The number of benzene rings is 1. The molecule has 1 N–H and O–H groups in total. The quantitative estimate of drug-likeness (QED) is 0.798. The number of aryl methyl sites for hydroxylation is 1. The molecule has 0 saturated carbocycles. The molecule has 0 aliphatic carbocycles. The zero-order valence-electron chi connectivity index (χ0n) is 8.08. The van der Waals surface area contributed by atoms with Crippen molar-refractivity contribution in [2.75, 3.05) is 0 Å². The van der Waals surface area contributed by atoms with E-state index in [0.717, 1.165) is 11.3 Å². The summed E-state index contributed by atoms with van der Waals surface area (Å²) >= 11 is 0. The van der Waals surface area contributed by atoms with Crippen molar-refractivity contribution in [3.8, 4) is 5.69 Å². The van der Waals surface area contributed by atoms with Gasteiger partial charge in [0, 0.05) is 0 Å². The minimum atomic E-state index is -0.948. The van der Waals surface area contributed by atoms with Gasteiger partial charge >= 0.3 is 5.97 Å². The number of hydrogen-bond donors (Lipinski definition) is 1. The largest absolute Gasteiger partial charge is 0.478 e. The lowest BCUT2D eigenvalue weighted by atomic mass is 10.1. The zero-order valence-corrected chi connectivity index (χ0v) is 8.08. The van der Waals surface area contributed by atoms with Crippen LogP contribution >= 0.6 is 0 Å². The second-order valence-electron chi connectivity index (χ2n) is 3.15. The summed E-state index contributed by atoms with van der Waals surface area (Å²) in [5, 5.41) is 12.8. The minimum absolute atomic E-state index is 0.242. The van der Waals surface area contributed by atoms with E-state index in [4.69, 9.17) is 5.11 Å². The number of hydrogen-bond acceptors (Lipinski definition) is 3. The summed E-state index contributed by atoms with van der Waals surface area (Å²) in [7, 11) is 0. The van der Waals surface area contributed by atoms with Gasteiger partial charge in [0.2, 0.25) is 0 Å². The van der Waals surface area contributed by atoms with Crippen molar-refractivity contribution in [3.63, 3.8) is 0 Å². The number of rotatable bonds is 2. The number of aromatic carboxylic acids is 1. The third-order valence-corrected chi connectivity index (χ3v) is 2.12. The van der Waals surface area contributed by atoms with E-state index in [-0.39, 0.29) is 5.56 Å². The Labute approximate surface area is 86.0 Å². The molecular weight excluding hydrogens is 194 g/mol. The topological polar surface area (TPSA) is 68.0 Å². The Balaban J connectivity index is 2.55. The molecule has 0 fully saturated rings. The van der Waals surface area contributed by atoms with Crippen molar-refractivity contribution >= 4 is 5.97 Å². The third-order valence-electron chi connectivity index (χ3n) is 2.12. The van der Waals surface area contributed by atoms with Gasteiger partial charge in [0.25, 0.3) is 0 Å². The van der Waals surface area contributed by atoms with Crippen LogP contribution in [0.4, 0.5) is 0 Å². The highest BCUT2D eigenvalue weighted by atomic mass is 16.4. The molecule has 1 aromatic carbocycles.